The Morgan fingerprint density at radius 2 is 2.08 bits per heavy atom. The Bertz CT molecular complexity index is 879. The van der Waals surface area contributed by atoms with Crippen LogP contribution in [-0.2, 0) is 6.54 Å². The highest BCUT2D eigenvalue weighted by atomic mass is 19.1. The molecule has 0 spiro atoms. The van der Waals surface area contributed by atoms with E-state index in [0.717, 1.165) is 42.9 Å². The number of ether oxygens (including phenoxy) is 1. The Balaban J connectivity index is 1.42. The van der Waals surface area contributed by atoms with Gasteiger partial charge in [-0.05, 0) is 54.9 Å². The topological polar surface area (TPSA) is 51.4 Å². The summed E-state index contributed by atoms with van der Waals surface area (Å²) < 4.78 is 24.0. The lowest BCUT2D eigenvalue weighted by atomic mass is 10.1. The molecule has 4 rings (SSSR count). The molecule has 0 saturated carbocycles. The summed E-state index contributed by atoms with van der Waals surface area (Å²) >= 11 is 0. The first-order chi connectivity index (χ1) is 12.7. The van der Waals surface area contributed by atoms with Crippen LogP contribution in [0.1, 0.15) is 23.8 Å². The van der Waals surface area contributed by atoms with Gasteiger partial charge in [-0.25, -0.2) is 4.39 Å². The van der Waals surface area contributed by atoms with E-state index < -0.39 is 0 Å². The summed E-state index contributed by atoms with van der Waals surface area (Å²) in [5.41, 5.74) is 1.88. The standard InChI is InChI=1S/C20H20FN3O2/c1-25-18-7-5-15(6-8-18)19-22-20(26-23-19)16-9-10-24(13-16)12-14-3-2-4-17(21)11-14/h2-8,11,16H,9-10,12-13H2,1H3. The molecule has 134 valence electrons. The largest absolute Gasteiger partial charge is 0.497 e. The number of hydrogen-bond donors (Lipinski definition) is 0. The monoisotopic (exact) mass is 353 g/mol. The lowest BCUT2D eigenvalue weighted by Crippen LogP contribution is -2.19. The molecular formula is C20H20FN3O2. The van der Waals surface area contributed by atoms with Crippen molar-refractivity contribution in [1.82, 2.24) is 15.0 Å². The van der Waals surface area contributed by atoms with Crippen molar-refractivity contribution in [2.75, 3.05) is 20.2 Å². The summed E-state index contributed by atoms with van der Waals surface area (Å²) in [6.07, 6.45) is 0.958. The van der Waals surface area contributed by atoms with Crippen LogP contribution in [0.5, 0.6) is 5.75 Å². The van der Waals surface area contributed by atoms with Crippen molar-refractivity contribution in [3.63, 3.8) is 0 Å². The van der Waals surface area contributed by atoms with Crippen molar-refractivity contribution in [3.05, 3.63) is 65.8 Å². The quantitative estimate of drug-likeness (QED) is 0.697. The zero-order chi connectivity index (χ0) is 17.9. The lowest BCUT2D eigenvalue weighted by Gasteiger charge is -2.15. The van der Waals surface area contributed by atoms with E-state index >= 15 is 0 Å². The summed E-state index contributed by atoms with van der Waals surface area (Å²) in [6.45, 7) is 2.50. The predicted molar refractivity (Wildman–Crippen MR) is 95.3 cm³/mol. The second-order valence-corrected chi connectivity index (χ2v) is 6.54. The molecule has 5 nitrogen and oxygen atoms in total. The summed E-state index contributed by atoms with van der Waals surface area (Å²) in [6, 6.07) is 14.3. The van der Waals surface area contributed by atoms with Crippen molar-refractivity contribution < 1.29 is 13.7 Å². The first-order valence-electron chi connectivity index (χ1n) is 8.66. The Labute approximate surface area is 151 Å². The van der Waals surface area contributed by atoms with Gasteiger partial charge >= 0.3 is 0 Å². The molecule has 0 amide bonds. The second kappa shape index (κ2) is 7.25. The molecule has 3 aromatic rings. The van der Waals surface area contributed by atoms with Crippen molar-refractivity contribution >= 4 is 0 Å². The highest BCUT2D eigenvalue weighted by molar-refractivity contribution is 5.55. The van der Waals surface area contributed by atoms with Gasteiger partial charge in [-0.3, -0.25) is 4.90 Å². The number of likely N-dealkylation sites (tertiary alicyclic amines) is 1. The van der Waals surface area contributed by atoms with Gasteiger partial charge < -0.3 is 9.26 Å². The van der Waals surface area contributed by atoms with Crippen molar-refractivity contribution in [1.29, 1.82) is 0 Å². The molecule has 1 aromatic heterocycles. The molecule has 2 aromatic carbocycles. The maximum atomic E-state index is 13.3. The lowest BCUT2D eigenvalue weighted by molar-refractivity contribution is 0.309. The highest BCUT2D eigenvalue weighted by Gasteiger charge is 2.28. The Hall–Kier alpha value is -2.73. The van der Waals surface area contributed by atoms with Gasteiger partial charge in [0.2, 0.25) is 11.7 Å². The van der Waals surface area contributed by atoms with Crippen molar-refractivity contribution in [2.45, 2.75) is 18.9 Å². The number of aromatic nitrogens is 2. The van der Waals surface area contributed by atoms with E-state index in [1.54, 1.807) is 19.2 Å². The Morgan fingerprint density at radius 3 is 2.85 bits per heavy atom. The van der Waals surface area contributed by atoms with Crippen LogP contribution in [0.15, 0.2) is 53.1 Å². The molecule has 0 N–H and O–H groups in total. The fraction of sp³-hybridized carbons (Fsp3) is 0.300. The van der Waals surface area contributed by atoms with Crippen LogP contribution in [0.2, 0.25) is 0 Å². The number of hydrogen-bond acceptors (Lipinski definition) is 5. The van der Waals surface area contributed by atoms with E-state index in [1.807, 2.05) is 30.3 Å². The van der Waals surface area contributed by atoms with E-state index in [1.165, 1.54) is 6.07 Å². The highest BCUT2D eigenvalue weighted by Crippen LogP contribution is 2.29. The van der Waals surface area contributed by atoms with Crippen LogP contribution < -0.4 is 4.74 Å². The summed E-state index contributed by atoms with van der Waals surface area (Å²) in [7, 11) is 1.64. The normalized spacial score (nSPS) is 17.5. The maximum absolute atomic E-state index is 13.3. The summed E-state index contributed by atoms with van der Waals surface area (Å²) in [5, 5.41) is 4.11. The average molecular weight is 353 g/mol. The van der Waals surface area contributed by atoms with Gasteiger partial charge in [0.05, 0.1) is 13.0 Å². The first-order valence-corrected chi connectivity index (χ1v) is 8.66. The number of rotatable bonds is 5. The van der Waals surface area contributed by atoms with Gasteiger partial charge in [-0.1, -0.05) is 17.3 Å². The first kappa shape index (κ1) is 16.7. The van der Waals surface area contributed by atoms with Crippen molar-refractivity contribution in [2.24, 2.45) is 0 Å². The molecule has 1 saturated heterocycles. The third-order valence-corrected chi connectivity index (χ3v) is 4.71. The minimum absolute atomic E-state index is 0.195. The maximum Gasteiger partial charge on any atom is 0.231 e. The van der Waals surface area contributed by atoms with Gasteiger partial charge in [0, 0.05) is 18.7 Å². The van der Waals surface area contributed by atoms with Crippen LogP contribution in [0.3, 0.4) is 0 Å². The molecule has 0 radical (unpaired) electrons. The third kappa shape index (κ3) is 3.60. The average Bonchev–Trinajstić information content (AvgIpc) is 3.31. The van der Waals surface area contributed by atoms with Crippen LogP contribution in [0.25, 0.3) is 11.4 Å². The van der Waals surface area contributed by atoms with Gasteiger partial charge in [-0.2, -0.15) is 4.98 Å². The molecule has 1 fully saturated rings. The summed E-state index contributed by atoms with van der Waals surface area (Å²) in [4.78, 5) is 6.86. The fourth-order valence-electron chi connectivity index (χ4n) is 3.33. The zero-order valence-electron chi connectivity index (χ0n) is 14.6. The number of nitrogens with zero attached hydrogens (tertiary/aromatic N) is 3. The predicted octanol–water partition coefficient (Wildman–Crippen LogP) is 3.87. The van der Waals surface area contributed by atoms with E-state index in [4.69, 9.17) is 9.26 Å². The molecule has 6 heteroatoms. The molecule has 1 aliphatic heterocycles. The van der Waals surface area contributed by atoms with E-state index in [0.29, 0.717) is 11.7 Å². The zero-order valence-corrected chi connectivity index (χ0v) is 14.6. The van der Waals surface area contributed by atoms with Crippen LogP contribution in [0, 0.1) is 5.82 Å². The molecule has 0 aliphatic carbocycles. The van der Waals surface area contributed by atoms with Crippen molar-refractivity contribution in [3.8, 4) is 17.1 Å². The van der Waals surface area contributed by atoms with E-state index in [9.17, 15) is 4.39 Å². The molecule has 26 heavy (non-hydrogen) atoms. The van der Waals surface area contributed by atoms with Crippen LogP contribution in [-0.4, -0.2) is 35.2 Å². The molecule has 1 aliphatic rings. The van der Waals surface area contributed by atoms with Gasteiger partial charge in [0.25, 0.3) is 0 Å². The molecule has 0 bridgehead atoms. The minimum atomic E-state index is -0.195. The molecule has 1 unspecified atom stereocenters. The van der Waals surface area contributed by atoms with Gasteiger partial charge in [0.1, 0.15) is 11.6 Å². The third-order valence-electron chi connectivity index (χ3n) is 4.71. The van der Waals surface area contributed by atoms with Crippen LogP contribution in [0.4, 0.5) is 4.39 Å². The molecule has 2 heterocycles. The smallest absolute Gasteiger partial charge is 0.231 e. The van der Waals surface area contributed by atoms with E-state index in [-0.39, 0.29) is 11.7 Å². The number of halogens is 1. The van der Waals surface area contributed by atoms with Gasteiger partial charge in [0.15, 0.2) is 0 Å². The summed E-state index contributed by atoms with van der Waals surface area (Å²) in [5.74, 6) is 2.06. The Morgan fingerprint density at radius 1 is 1.23 bits per heavy atom. The second-order valence-electron chi connectivity index (χ2n) is 6.54. The van der Waals surface area contributed by atoms with E-state index in [2.05, 4.69) is 15.0 Å². The van der Waals surface area contributed by atoms with Gasteiger partial charge in [-0.15, -0.1) is 0 Å². The SMILES string of the molecule is COc1ccc(-c2noc(C3CCN(Cc4cccc(F)c4)C3)n2)cc1. The molecular weight excluding hydrogens is 333 g/mol. The number of methoxy groups -OCH3 is 1. The number of benzene rings is 2. The molecule has 1 atom stereocenters. The Kier molecular flexibility index (Phi) is 4.67. The van der Waals surface area contributed by atoms with Crippen LogP contribution >= 0.6 is 0 Å². The minimum Gasteiger partial charge on any atom is -0.497 e. The fourth-order valence-corrected chi connectivity index (χ4v) is 3.33.